The zero-order chi connectivity index (χ0) is 16.4. The Bertz CT molecular complexity index is 622. The van der Waals surface area contributed by atoms with Crippen molar-refractivity contribution in [2.24, 2.45) is 5.92 Å². The summed E-state index contributed by atoms with van der Waals surface area (Å²) in [4.78, 5) is 37.4. The molecule has 1 aromatic rings. The second-order valence-electron chi connectivity index (χ2n) is 5.94. The summed E-state index contributed by atoms with van der Waals surface area (Å²) in [6.45, 7) is 2.83. The van der Waals surface area contributed by atoms with Gasteiger partial charge >= 0.3 is 5.97 Å². The number of benzene rings is 1. The zero-order valence-corrected chi connectivity index (χ0v) is 13.1. The fourth-order valence-electron chi connectivity index (χ4n) is 2.65. The Labute approximate surface area is 134 Å². The Balaban J connectivity index is 1.68. The second kappa shape index (κ2) is 6.50. The predicted octanol–water partition coefficient (Wildman–Crippen LogP) is 1.49. The lowest BCUT2D eigenvalue weighted by Crippen LogP contribution is -2.39. The number of hydrogen-bond acceptors (Lipinski definition) is 5. The van der Waals surface area contributed by atoms with E-state index in [1.807, 2.05) is 0 Å². The van der Waals surface area contributed by atoms with Crippen molar-refractivity contribution in [3.63, 3.8) is 0 Å². The molecule has 1 aliphatic carbocycles. The predicted molar refractivity (Wildman–Crippen MR) is 84.0 cm³/mol. The molecule has 1 N–H and O–H groups in total. The minimum absolute atomic E-state index is 0.186. The van der Waals surface area contributed by atoms with Crippen molar-refractivity contribution in [2.45, 2.75) is 32.2 Å². The molecule has 23 heavy (non-hydrogen) atoms. The van der Waals surface area contributed by atoms with Crippen LogP contribution in [0.25, 0.3) is 0 Å². The van der Waals surface area contributed by atoms with Crippen molar-refractivity contribution >= 4 is 23.5 Å². The Kier molecular flexibility index (Phi) is 4.43. The molecular formula is C17H20N2O4. The van der Waals surface area contributed by atoms with Crippen LogP contribution in [0.15, 0.2) is 24.3 Å². The number of rotatable bonds is 6. The summed E-state index contributed by atoms with van der Waals surface area (Å²) in [6, 6.07) is 5.90. The molecule has 2 amide bonds. The molecule has 0 bridgehead atoms. The maximum Gasteiger partial charge on any atom is 0.338 e. The standard InChI is InChI=1S/C17H20N2O4/c1-2-23-17(22)12-5-7-13(8-6-12)19-15(20)9-14(16(19)21)18-10-11-3-4-11/h5-8,11,14,18H,2-4,9-10H2,1H3. The van der Waals surface area contributed by atoms with Crippen LogP contribution in [0.4, 0.5) is 5.69 Å². The maximum absolute atomic E-state index is 12.4. The van der Waals surface area contributed by atoms with Crippen LogP contribution in [0.1, 0.15) is 36.5 Å². The highest BCUT2D eigenvalue weighted by Crippen LogP contribution is 2.29. The van der Waals surface area contributed by atoms with Crippen molar-refractivity contribution in [3.8, 4) is 0 Å². The maximum atomic E-state index is 12.4. The molecular weight excluding hydrogens is 296 g/mol. The molecule has 6 heteroatoms. The number of carbonyl (C=O) groups excluding carboxylic acids is 3. The minimum atomic E-state index is -0.437. The molecule has 6 nitrogen and oxygen atoms in total. The topological polar surface area (TPSA) is 75.7 Å². The molecule has 1 saturated carbocycles. The van der Waals surface area contributed by atoms with Crippen LogP contribution in [0, 0.1) is 5.92 Å². The van der Waals surface area contributed by atoms with Gasteiger partial charge in [0.25, 0.3) is 5.91 Å². The molecule has 2 aliphatic rings. The van der Waals surface area contributed by atoms with Gasteiger partial charge in [-0.2, -0.15) is 0 Å². The first-order chi connectivity index (χ1) is 11.1. The molecule has 1 unspecified atom stereocenters. The number of amides is 2. The molecule has 0 radical (unpaired) electrons. The van der Waals surface area contributed by atoms with Gasteiger partial charge in [0.05, 0.1) is 30.3 Å². The van der Waals surface area contributed by atoms with Gasteiger partial charge in [0.15, 0.2) is 0 Å². The smallest absolute Gasteiger partial charge is 0.338 e. The molecule has 1 heterocycles. The molecule has 1 aromatic carbocycles. The van der Waals surface area contributed by atoms with E-state index in [2.05, 4.69) is 5.32 Å². The fraction of sp³-hybridized carbons (Fsp3) is 0.471. The fourth-order valence-corrected chi connectivity index (χ4v) is 2.65. The van der Waals surface area contributed by atoms with Crippen LogP contribution in [-0.2, 0) is 14.3 Å². The van der Waals surface area contributed by atoms with E-state index in [0.29, 0.717) is 23.8 Å². The van der Waals surface area contributed by atoms with Crippen LogP contribution in [0.3, 0.4) is 0 Å². The molecule has 1 saturated heterocycles. The normalized spacial score (nSPS) is 20.9. The second-order valence-corrected chi connectivity index (χ2v) is 5.94. The van der Waals surface area contributed by atoms with Gasteiger partial charge in [-0.05, 0) is 56.5 Å². The third kappa shape index (κ3) is 3.42. The summed E-state index contributed by atoms with van der Waals surface area (Å²) in [5.41, 5.74) is 0.891. The highest BCUT2D eigenvalue weighted by molar-refractivity contribution is 6.22. The van der Waals surface area contributed by atoms with Gasteiger partial charge in [-0.3, -0.25) is 9.59 Å². The first-order valence-corrected chi connectivity index (χ1v) is 7.97. The number of nitrogens with zero attached hydrogens (tertiary/aromatic N) is 1. The van der Waals surface area contributed by atoms with Gasteiger partial charge in [0, 0.05) is 0 Å². The van der Waals surface area contributed by atoms with Crippen molar-refractivity contribution in [1.29, 1.82) is 0 Å². The Morgan fingerprint density at radius 2 is 1.96 bits per heavy atom. The lowest BCUT2D eigenvalue weighted by molar-refractivity contribution is -0.121. The number of esters is 1. The van der Waals surface area contributed by atoms with Gasteiger partial charge in [-0.25, -0.2) is 9.69 Å². The number of hydrogen-bond donors (Lipinski definition) is 1. The van der Waals surface area contributed by atoms with Crippen molar-refractivity contribution < 1.29 is 19.1 Å². The number of anilines is 1. The first kappa shape index (κ1) is 15.7. The summed E-state index contributed by atoms with van der Waals surface area (Å²) >= 11 is 0. The van der Waals surface area contributed by atoms with Crippen LogP contribution in [-0.4, -0.2) is 37.0 Å². The van der Waals surface area contributed by atoms with Crippen molar-refractivity contribution in [3.05, 3.63) is 29.8 Å². The van der Waals surface area contributed by atoms with Crippen molar-refractivity contribution in [1.82, 2.24) is 5.32 Å². The van der Waals surface area contributed by atoms with Gasteiger partial charge in [0.2, 0.25) is 5.91 Å². The number of nitrogens with one attached hydrogen (secondary N) is 1. The summed E-state index contributed by atoms with van der Waals surface area (Å²) in [5, 5.41) is 3.18. The quantitative estimate of drug-likeness (QED) is 0.636. The van der Waals surface area contributed by atoms with E-state index >= 15 is 0 Å². The summed E-state index contributed by atoms with van der Waals surface area (Å²) < 4.78 is 4.92. The molecule has 122 valence electrons. The minimum Gasteiger partial charge on any atom is -0.462 e. The van der Waals surface area contributed by atoms with Crippen LogP contribution < -0.4 is 10.2 Å². The van der Waals surface area contributed by atoms with E-state index in [1.165, 1.54) is 17.7 Å². The van der Waals surface area contributed by atoms with E-state index in [-0.39, 0.29) is 18.2 Å². The average molecular weight is 316 g/mol. The van der Waals surface area contributed by atoms with Gasteiger partial charge in [-0.1, -0.05) is 0 Å². The van der Waals surface area contributed by atoms with E-state index in [0.717, 1.165) is 6.54 Å². The lowest BCUT2D eigenvalue weighted by atomic mass is 10.2. The number of imide groups is 1. The molecule has 2 fully saturated rings. The van der Waals surface area contributed by atoms with Crippen molar-refractivity contribution in [2.75, 3.05) is 18.1 Å². The van der Waals surface area contributed by atoms with Crippen LogP contribution >= 0.6 is 0 Å². The van der Waals surface area contributed by atoms with E-state index < -0.39 is 12.0 Å². The first-order valence-electron chi connectivity index (χ1n) is 7.97. The third-order valence-electron chi connectivity index (χ3n) is 4.13. The van der Waals surface area contributed by atoms with E-state index in [4.69, 9.17) is 4.74 Å². The molecule has 0 spiro atoms. The van der Waals surface area contributed by atoms with Gasteiger partial charge in [-0.15, -0.1) is 0 Å². The molecule has 0 aromatic heterocycles. The summed E-state index contributed by atoms with van der Waals surface area (Å²) in [6.07, 6.45) is 2.58. The highest BCUT2D eigenvalue weighted by Gasteiger charge is 2.40. The zero-order valence-electron chi connectivity index (χ0n) is 13.1. The molecule has 1 atom stereocenters. The SMILES string of the molecule is CCOC(=O)c1ccc(N2C(=O)CC(NCC3CC3)C2=O)cc1. The highest BCUT2D eigenvalue weighted by atomic mass is 16.5. The monoisotopic (exact) mass is 316 g/mol. The van der Waals surface area contributed by atoms with Crippen LogP contribution in [0.2, 0.25) is 0 Å². The van der Waals surface area contributed by atoms with E-state index in [9.17, 15) is 14.4 Å². The number of ether oxygens (including phenoxy) is 1. The van der Waals surface area contributed by atoms with Gasteiger partial charge < -0.3 is 10.1 Å². The van der Waals surface area contributed by atoms with E-state index in [1.54, 1.807) is 31.2 Å². The largest absolute Gasteiger partial charge is 0.462 e. The summed E-state index contributed by atoms with van der Waals surface area (Å²) in [7, 11) is 0. The Hall–Kier alpha value is -2.21. The lowest BCUT2D eigenvalue weighted by Gasteiger charge is -2.16. The van der Waals surface area contributed by atoms with Gasteiger partial charge in [0.1, 0.15) is 0 Å². The molecule has 1 aliphatic heterocycles. The van der Waals surface area contributed by atoms with Crippen LogP contribution in [0.5, 0.6) is 0 Å². The number of carbonyl (C=O) groups is 3. The Morgan fingerprint density at radius 3 is 2.57 bits per heavy atom. The molecule has 3 rings (SSSR count). The average Bonchev–Trinajstić information content (AvgIpc) is 3.32. The summed E-state index contributed by atoms with van der Waals surface area (Å²) in [5.74, 6) is -0.204. The third-order valence-corrected chi connectivity index (χ3v) is 4.13. The Morgan fingerprint density at radius 1 is 1.26 bits per heavy atom.